The predicted octanol–water partition coefficient (Wildman–Crippen LogP) is 2.48. The summed E-state index contributed by atoms with van der Waals surface area (Å²) in [7, 11) is 0. The lowest BCUT2D eigenvalue weighted by Crippen LogP contribution is -2.07. The molecule has 2 aromatic rings. The second-order valence-electron chi connectivity index (χ2n) is 3.61. The van der Waals surface area contributed by atoms with Crippen molar-refractivity contribution in [3.05, 3.63) is 36.8 Å². The van der Waals surface area contributed by atoms with E-state index in [1.165, 1.54) is 6.42 Å². The van der Waals surface area contributed by atoms with Gasteiger partial charge in [-0.15, -0.1) is 0 Å². The molecule has 0 aliphatic carbocycles. The highest BCUT2D eigenvalue weighted by Crippen LogP contribution is 2.15. The van der Waals surface area contributed by atoms with Crippen molar-refractivity contribution in [2.45, 2.75) is 19.8 Å². The van der Waals surface area contributed by atoms with Gasteiger partial charge < -0.3 is 5.32 Å². The van der Waals surface area contributed by atoms with Crippen molar-refractivity contribution in [1.82, 2.24) is 14.8 Å². The van der Waals surface area contributed by atoms with Crippen molar-refractivity contribution in [3.8, 4) is 5.82 Å². The van der Waals surface area contributed by atoms with Crippen molar-refractivity contribution >= 4 is 5.69 Å². The Kier molecular flexibility index (Phi) is 3.53. The Labute approximate surface area is 95.3 Å². The monoisotopic (exact) mass is 216 g/mol. The number of nitrogens with zero attached hydrogens (tertiary/aromatic N) is 3. The zero-order valence-electron chi connectivity index (χ0n) is 9.43. The van der Waals surface area contributed by atoms with Crippen molar-refractivity contribution < 1.29 is 0 Å². The molecular formula is C12H16N4. The molecule has 0 radical (unpaired) electrons. The quantitative estimate of drug-likeness (QED) is 0.781. The van der Waals surface area contributed by atoms with Crippen LogP contribution in [0.2, 0.25) is 0 Å². The van der Waals surface area contributed by atoms with Gasteiger partial charge in [-0.1, -0.05) is 13.3 Å². The van der Waals surface area contributed by atoms with Crippen LogP contribution in [-0.4, -0.2) is 21.3 Å². The first-order valence-electron chi connectivity index (χ1n) is 5.60. The molecule has 0 unspecified atom stereocenters. The molecule has 2 rings (SSSR count). The van der Waals surface area contributed by atoms with E-state index in [4.69, 9.17) is 0 Å². The number of hydrogen-bond donors (Lipinski definition) is 1. The molecular weight excluding hydrogens is 200 g/mol. The molecule has 2 heterocycles. The van der Waals surface area contributed by atoms with Crippen LogP contribution in [0.1, 0.15) is 19.8 Å². The normalized spacial score (nSPS) is 10.3. The lowest BCUT2D eigenvalue weighted by atomic mass is 10.3. The molecule has 0 bridgehead atoms. The van der Waals surface area contributed by atoms with Gasteiger partial charge in [-0.2, -0.15) is 5.10 Å². The van der Waals surface area contributed by atoms with Crippen molar-refractivity contribution in [1.29, 1.82) is 0 Å². The van der Waals surface area contributed by atoms with Gasteiger partial charge in [0.1, 0.15) is 0 Å². The van der Waals surface area contributed by atoms with Gasteiger partial charge in [0.2, 0.25) is 0 Å². The van der Waals surface area contributed by atoms with E-state index in [9.17, 15) is 0 Å². The van der Waals surface area contributed by atoms with Gasteiger partial charge in [0, 0.05) is 25.1 Å². The number of rotatable bonds is 5. The summed E-state index contributed by atoms with van der Waals surface area (Å²) >= 11 is 0. The van der Waals surface area contributed by atoms with E-state index in [0.29, 0.717) is 0 Å². The standard InChI is InChI=1S/C12H16N4/c1-2-3-7-13-11-6-4-8-14-12(11)16-10-5-9-15-16/h4-6,8-10,13H,2-3,7H2,1H3. The fourth-order valence-electron chi connectivity index (χ4n) is 1.51. The summed E-state index contributed by atoms with van der Waals surface area (Å²) in [4.78, 5) is 4.34. The van der Waals surface area contributed by atoms with Gasteiger partial charge in [0.15, 0.2) is 5.82 Å². The lowest BCUT2D eigenvalue weighted by Gasteiger charge is -2.10. The molecule has 0 aliphatic heterocycles. The van der Waals surface area contributed by atoms with E-state index in [1.807, 2.05) is 24.4 Å². The van der Waals surface area contributed by atoms with Crippen molar-refractivity contribution in [2.24, 2.45) is 0 Å². The zero-order chi connectivity index (χ0) is 11.2. The van der Waals surface area contributed by atoms with Gasteiger partial charge in [-0.05, 0) is 24.6 Å². The molecule has 0 saturated heterocycles. The van der Waals surface area contributed by atoms with Gasteiger partial charge >= 0.3 is 0 Å². The number of hydrogen-bond acceptors (Lipinski definition) is 3. The van der Waals surface area contributed by atoms with Crippen molar-refractivity contribution in [2.75, 3.05) is 11.9 Å². The van der Waals surface area contributed by atoms with Crippen LogP contribution in [0.15, 0.2) is 36.8 Å². The Morgan fingerprint density at radius 3 is 3.00 bits per heavy atom. The third-order valence-electron chi connectivity index (χ3n) is 2.35. The van der Waals surface area contributed by atoms with E-state index >= 15 is 0 Å². The topological polar surface area (TPSA) is 42.7 Å². The second kappa shape index (κ2) is 5.30. The van der Waals surface area contributed by atoms with Gasteiger partial charge in [-0.3, -0.25) is 0 Å². The summed E-state index contributed by atoms with van der Waals surface area (Å²) in [6.07, 6.45) is 7.78. The number of aromatic nitrogens is 3. The Hall–Kier alpha value is -1.84. The minimum absolute atomic E-state index is 0.851. The molecule has 0 spiro atoms. The minimum Gasteiger partial charge on any atom is -0.382 e. The molecule has 4 heteroatoms. The summed E-state index contributed by atoms with van der Waals surface area (Å²) in [6, 6.07) is 5.85. The fourth-order valence-corrected chi connectivity index (χ4v) is 1.51. The Bertz CT molecular complexity index is 422. The summed E-state index contributed by atoms with van der Waals surface area (Å²) in [5.41, 5.74) is 1.03. The van der Waals surface area contributed by atoms with Crippen LogP contribution in [0.25, 0.3) is 5.82 Å². The van der Waals surface area contributed by atoms with E-state index in [0.717, 1.165) is 24.5 Å². The summed E-state index contributed by atoms with van der Waals surface area (Å²) in [5, 5.41) is 7.57. The van der Waals surface area contributed by atoms with E-state index in [1.54, 1.807) is 17.1 Å². The Morgan fingerprint density at radius 2 is 2.25 bits per heavy atom. The lowest BCUT2D eigenvalue weighted by molar-refractivity contribution is 0.820. The van der Waals surface area contributed by atoms with E-state index in [-0.39, 0.29) is 0 Å². The maximum Gasteiger partial charge on any atom is 0.176 e. The molecule has 1 N–H and O–H groups in total. The number of unbranched alkanes of at least 4 members (excludes halogenated alkanes) is 1. The fraction of sp³-hybridized carbons (Fsp3) is 0.333. The molecule has 0 aromatic carbocycles. The molecule has 2 aromatic heterocycles. The third kappa shape index (κ3) is 2.39. The molecule has 0 amide bonds. The smallest absolute Gasteiger partial charge is 0.176 e. The molecule has 16 heavy (non-hydrogen) atoms. The first-order chi connectivity index (χ1) is 7.92. The molecule has 0 atom stereocenters. The molecule has 84 valence electrons. The summed E-state index contributed by atoms with van der Waals surface area (Å²) < 4.78 is 1.77. The second-order valence-corrected chi connectivity index (χ2v) is 3.61. The van der Waals surface area contributed by atoms with Crippen LogP contribution in [0.5, 0.6) is 0 Å². The highest BCUT2D eigenvalue weighted by Gasteiger charge is 2.04. The van der Waals surface area contributed by atoms with Crippen LogP contribution < -0.4 is 5.32 Å². The maximum absolute atomic E-state index is 4.34. The first kappa shape index (κ1) is 10.7. The largest absolute Gasteiger partial charge is 0.382 e. The molecule has 0 fully saturated rings. The summed E-state index contributed by atoms with van der Waals surface area (Å²) in [5.74, 6) is 0.851. The highest BCUT2D eigenvalue weighted by atomic mass is 15.3. The molecule has 4 nitrogen and oxygen atoms in total. The van der Waals surface area contributed by atoms with Gasteiger partial charge in [-0.25, -0.2) is 9.67 Å². The van der Waals surface area contributed by atoms with Crippen LogP contribution in [0.3, 0.4) is 0 Å². The van der Waals surface area contributed by atoms with Gasteiger partial charge in [0.25, 0.3) is 0 Å². The average Bonchev–Trinajstić information content (AvgIpc) is 2.83. The van der Waals surface area contributed by atoms with E-state index in [2.05, 4.69) is 22.3 Å². The predicted molar refractivity (Wildman–Crippen MR) is 64.8 cm³/mol. The molecule has 0 saturated carbocycles. The van der Waals surface area contributed by atoms with Crippen LogP contribution in [0.4, 0.5) is 5.69 Å². The Morgan fingerprint density at radius 1 is 1.31 bits per heavy atom. The van der Waals surface area contributed by atoms with Crippen LogP contribution in [0, 0.1) is 0 Å². The number of pyridine rings is 1. The zero-order valence-corrected chi connectivity index (χ0v) is 9.43. The average molecular weight is 216 g/mol. The first-order valence-corrected chi connectivity index (χ1v) is 5.60. The SMILES string of the molecule is CCCCNc1cccnc1-n1cccn1. The summed E-state index contributed by atoms with van der Waals surface area (Å²) in [6.45, 7) is 3.15. The number of anilines is 1. The van der Waals surface area contributed by atoms with Crippen LogP contribution >= 0.6 is 0 Å². The number of nitrogens with one attached hydrogen (secondary N) is 1. The Balaban J connectivity index is 2.18. The van der Waals surface area contributed by atoms with Gasteiger partial charge in [0.05, 0.1) is 5.69 Å². The van der Waals surface area contributed by atoms with E-state index < -0.39 is 0 Å². The highest BCUT2D eigenvalue weighted by molar-refractivity contribution is 5.56. The maximum atomic E-state index is 4.34. The van der Waals surface area contributed by atoms with Crippen molar-refractivity contribution in [3.63, 3.8) is 0 Å². The third-order valence-corrected chi connectivity index (χ3v) is 2.35. The minimum atomic E-state index is 0.851. The van der Waals surface area contributed by atoms with Crippen LogP contribution in [-0.2, 0) is 0 Å². The molecule has 0 aliphatic rings.